The Morgan fingerprint density at radius 2 is 1.96 bits per heavy atom. The first-order valence-electron chi connectivity index (χ1n) is 9.93. The first-order valence-corrected chi connectivity index (χ1v) is 9.93. The van der Waals surface area contributed by atoms with Gasteiger partial charge in [0.2, 0.25) is 0 Å². The Hall–Kier alpha value is -2.48. The molecule has 28 heavy (non-hydrogen) atoms. The minimum Gasteiger partial charge on any atom is -0.395 e. The van der Waals surface area contributed by atoms with Gasteiger partial charge in [0.15, 0.2) is 5.65 Å². The summed E-state index contributed by atoms with van der Waals surface area (Å²) in [6.45, 7) is 8.75. The van der Waals surface area contributed by atoms with Crippen molar-refractivity contribution in [3.05, 3.63) is 38.2 Å². The van der Waals surface area contributed by atoms with Crippen LogP contribution in [-0.4, -0.2) is 50.1 Å². The molecule has 0 aliphatic heterocycles. The molecule has 8 nitrogen and oxygen atoms in total. The quantitative estimate of drug-likeness (QED) is 0.679. The molecular weight excluding hydrogens is 360 g/mol. The third-order valence-electron chi connectivity index (χ3n) is 4.68. The summed E-state index contributed by atoms with van der Waals surface area (Å²) in [6.07, 6.45) is 2.38. The molecular formula is C20H30N4O4. The van der Waals surface area contributed by atoms with Crippen molar-refractivity contribution in [3.63, 3.8) is 0 Å². The van der Waals surface area contributed by atoms with E-state index in [0.717, 1.165) is 12.8 Å². The van der Waals surface area contributed by atoms with Gasteiger partial charge >= 0.3 is 5.69 Å². The Morgan fingerprint density at radius 3 is 2.54 bits per heavy atom. The highest BCUT2D eigenvalue weighted by Gasteiger charge is 2.23. The maximum Gasteiger partial charge on any atom is 0.329 e. The number of carbonyl (C=O) groups is 1. The van der Waals surface area contributed by atoms with E-state index in [4.69, 9.17) is 0 Å². The fraction of sp³-hybridized carbons (Fsp3) is 0.600. The molecule has 2 heterocycles. The van der Waals surface area contributed by atoms with Crippen molar-refractivity contribution in [2.45, 2.75) is 59.4 Å². The van der Waals surface area contributed by atoms with Crippen molar-refractivity contribution in [2.24, 2.45) is 0 Å². The summed E-state index contributed by atoms with van der Waals surface area (Å²) in [7, 11) is 0. The van der Waals surface area contributed by atoms with Crippen molar-refractivity contribution in [3.8, 4) is 0 Å². The SMILES string of the molecule is CCCCN(CCO)C(=O)c1cc(C(C)C)nc2c1c(=O)[nH]c(=O)n2CCC. The molecule has 0 atom stereocenters. The Balaban J connectivity index is 2.79. The molecule has 154 valence electrons. The van der Waals surface area contributed by atoms with Gasteiger partial charge in [0, 0.05) is 25.3 Å². The molecule has 2 N–H and O–H groups in total. The van der Waals surface area contributed by atoms with Gasteiger partial charge in [-0.2, -0.15) is 0 Å². The number of aromatic nitrogens is 3. The second-order valence-electron chi connectivity index (χ2n) is 7.23. The van der Waals surface area contributed by atoms with E-state index in [2.05, 4.69) is 9.97 Å². The molecule has 2 aromatic rings. The Kier molecular flexibility index (Phi) is 7.51. The van der Waals surface area contributed by atoms with Gasteiger partial charge in [0.25, 0.3) is 11.5 Å². The average Bonchev–Trinajstić information content (AvgIpc) is 2.66. The van der Waals surface area contributed by atoms with Crippen LogP contribution < -0.4 is 11.2 Å². The van der Waals surface area contributed by atoms with Crippen molar-refractivity contribution in [1.29, 1.82) is 0 Å². The number of fused-ring (bicyclic) bond motifs is 1. The normalized spacial score (nSPS) is 11.4. The van der Waals surface area contributed by atoms with E-state index in [-0.39, 0.29) is 41.6 Å². The van der Waals surface area contributed by atoms with Crippen LogP contribution in [0.4, 0.5) is 0 Å². The van der Waals surface area contributed by atoms with Crippen LogP contribution in [0, 0.1) is 0 Å². The van der Waals surface area contributed by atoms with Gasteiger partial charge in [-0.3, -0.25) is 19.1 Å². The highest BCUT2D eigenvalue weighted by Crippen LogP contribution is 2.21. The van der Waals surface area contributed by atoms with Crippen molar-refractivity contribution in [2.75, 3.05) is 19.7 Å². The lowest BCUT2D eigenvalue weighted by Crippen LogP contribution is -2.37. The van der Waals surface area contributed by atoms with E-state index >= 15 is 0 Å². The van der Waals surface area contributed by atoms with Gasteiger partial charge in [0.1, 0.15) is 0 Å². The number of aliphatic hydroxyl groups is 1. The number of pyridine rings is 1. The smallest absolute Gasteiger partial charge is 0.329 e. The Morgan fingerprint density at radius 1 is 1.25 bits per heavy atom. The first kappa shape index (κ1) is 21.8. The lowest BCUT2D eigenvalue weighted by atomic mass is 10.0. The highest BCUT2D eigenvalue weighted by molar-refractivity contribution is 6.05. The van der Waals surface area contributed by atoms with E-state index in [1.165, 1.54) is 4.57 Å². The zero-order chi connectivity index (χ0) is 20.8. The van der Waals surface area contributed by atoms with Crippen LogP contribution in [0.15, 0.2) is 15.7 Å². The maximum atomic E-state index is 13.3. The summed E-state index contributed by atoms with van der Waals surface area (Å²) in [4.78, 5) is 46.7. The number of aryl methyl sites for hydroxylation is 1. The van der Waals surface area contributed by atoms with E-state index in [1.54, 1.807) is 11.0 Å². The minimum atomic E-state index is -0.613. The van der Waals surface area contributed by atoms with Crippen molar-refractivity contribution < 1.29 is 9.90 Å². The number of H-pyrrole nitrogens is 1. The fourth-order valence-corrected chi connectivity index (χ4v) is 3.14. The third kappa shape index (κ3) is 4.49. The number of hydrogen-bond donors (Lipinski definition) is 2. The van der Waals surface area contributed by atoms with E-state index in [1.807, 2.05) is 27.7 Å². The zero-order valence-corrected chi connectivity index (χ0v) is 17.1. The van der Waals surface area contributed by atoms with Crippen LogP contribution in [0.5, 0.6) is 0 Å². The summed E-state index contributed by atoms with van der Waals surface area (Å²) in [6, 6.07) is 1.64. The number of unbranched alkanes of at least 4 members (excludes halogenated alkanes) is 1. The highest BCUT2D eigenvalue weighted by atomic mass is 16.3. The number of hydrogen-bond acceptors (Lipinski definition) is 5. The van der Waals surface area contributed by atoms with Crippen molar-refractivity contribution in [1.82, 2.24) is 19.4 Å². The van der Waals surface area contributed by atoms with E-state index < -0.39 is 11.2 Å². The lowest BCUT2D eigenvalue weighted by Gasteiger charge is -2.23. The number of nitrogens with zero attached hydrogens (tertiary/aromatic N) is 3. The van der Waals surface area contributed by atoms with Crippen LogP contribution in [0.25, 0.3) is 11.0 Å². The monoisotopic (exact) mass is 390 g/mol. The summed E-state index contributed by atoms with van der Waals surface area (Å²) in [5.41, 5.74) is -0.0265. The predicted octanol–water partition coefficient (Wildman–Crippen LogP) is 1.85. The van der Waals surface area contributed by atoms with Crippen LogP contribution in [0.3, 0.4) is 0 Å². The maximum absolute atomic E-state index is 13.3. The summed E-state index contributed by atoms with van der Waals surface area (Å²) >= 11 is 0. The molecule has 8 heteroatoms. The first-order chi connectivity index (χ1) is 13.3. The summed E-state index contributed by atoms with van der Waals surface area (Å²) < 4.78 is 1.42. The van der Waals surface area contributed by atoms with Crippen LogP contribution in [0.1, 0.15) is 68.9 Å². The third-order valence-corrected chi connectivity index (χ3v) is 4.68. The molecule has 1 amide bonds. The van der Waals surface area contributed by atoms with Gasteiger partial charge in [-0.05, 0) is 24.8 Å². The summed E-state index contributed by atoms with van der Waals surface area (Å²) in [5.74, 6) is -0.314. The molecule has 0 aliphatic carbocycles. The number of rotatable bonds is 9. The molecule has 0 aromatic carbocycles. The minimum absolute atomic E-state index is 0.0161. The van der Waals surface area contributed by atoms with E-state index in [0.29, 0.717) is 25.2 Å². The Labute approximate surface area is 164 Å². The standard InChI is InChI=1S/C20H30N4O4/c1-5-7-9-23(10-11-25)19(27)14-12-15(13(3)4)21-17-16(14)18(26)22-20(28)24(17)8-6-2/h12-13,25H,5-11H2,1-4H3,(H,22,26,28). The molecule has 0 fully saturated rings. The van der Waals surface area contributed by atoms with E-state index in [9.17, 15) is 19.5 Å². The van der Waals surface area contributed by atoms with Crippen LogP contribution in [0.2, 0.25) is 0 Å². The largest absolute Gasteiger partial charge is 0.395 e. The molecule has 0 aliphatic rings. The lowest BCUT2D eigenvalue weighted by molar-refractivity contribution is 0.0721. The second kappa shape index (κ2) is 9.64. The summed E-state index contributed by atoms with van der Waals surface area (Å²) in [5, 5.41) is 9.50. The molecule has 0 spiro atoms. The van der Waals surface area contributed by atoms with Gasteiger partial charge in [-0.25, -0.2) is 9.78 Å². The molecule has 0 bridgehead atoms. The number of aromatic amines is 1. The van der Waals surface area contributed by atoms with Gasteiger partial charge < -0.3 is 10.0 Å². The molecule has 2 aromatic heterocycles. The fourth-order valence-electron chi connectivity index (χ4n) is 3.14. The molecule has 0 radical (unpaired) electrons. The predicted molar refractivity (Wildman–Crippen MR) is 109 cm³/mol. The number of aliphatic hydroxyl groups excluding tert-OH is 1. The van der Waals surface area contributed by atoms with Crippen LogP contribution in [-0.2, 0) is 6.54 Å². The topological polar surface area (TPSA) is 108 Å². The Bertz CT molecular complexity index is 946. The number of nitrogens with one attached hydrogen (secondary N) is 1. The van der Waals surface area contributed by atoms with Gasteiger partial charge in [-0.1, -0.05) is 34.1 Å². The molecule has 2 rings (SSSR count). The van der Waals surface area contributed by atoms with Gasteiger partial charge in [0.05, 0.1) is 17.6 Å². The van der Waals surface area contributed by atoms with Crippen molar-refractivity contribution >= 4 is 16.9 Å². The number of carbonyl (C=O) groups excluding carboxylic acids is 1. The second-order valence-corrected chi connectivity index (χ2v) is 7.23. The average molecular weight is 390 g/mol. The molecule has 0 saturated carbocycles. The van der Waals surface area contributed by atoms with Crippen LogP contribution >= 0.6 is 0 Å². The van der Waals surface area contributed by atoms with Gasteiger partial charge in [-0.15, -0.1) is 0 Å². The number of amides is 1. The molecule has 0 unspecified atom stereocenters. The molecule has 0 saturated heterocycles. The zero-order valence-electron chi connectivity index (χ0n) is 17.1.